The van der Waals surface area contributed by atoms with E-state index in [0.717, 1.165) is 32.1 Å². The van der Waals surface area contributed by atoms with Crippen LogP contribution in [0.5, 0.6) is 0 Å². The topological polar surface area (TPSA) is 111 Å². The number of carbonyl (C=O) groups is 2. The first-order valence-corrected chi connectivity index (χ1v) is 24.4. The van der Waals surface area contributed by atoms with Crippen LogP contribution in [0.15, 0.2) is 12.2 Å². The Morgan fingerprint density at radius 3 is 1.40 bits per heavy atom. The molecule has 0 aromatic heterocycles. The van der Waals surface area contributed by atoms with Crippen LogP contribution >= 0.6 is 7.82 Å². The molecule has 9 nitrogen and oxygen atoms in total. The number of rotatable bonds is 42. The second-order valence-corrected chi connectivity index (χ2v) is 18.2. The van der Waals surface area contributed by atoms with Gasteiger partial charge in [-0.3, -0.25) is 14.2 Å². The minimum atomic E-state index is -4.62. The standard InChI is InChI=1S/C45H88NO8P/c1-6-8-10-12-14-16-17-18-19-20-21-22-23-24-25-26-27-28-29-30-32-33-35-37-44(47)51-41-43(42-53-55(49,50)52-40-39-46(3,4)5)54-45(48)38-36-34-31-15-13-11-9-7-2/h30,32,43H,6-29,31,33-42H2,1-5H3/b32-30+/t43-/m0/s1. The van der Waals surface area contributed by atoms with Crippen molar-refractivity contribution in [2.24, 2.45) is 0 Å². The molecule has 0 aliphatic rings. The molecule has 2 atom stereocenters. The lowest BCUT2D eigenvalue weighted by Crippen LogP contribution is -2.37. The molecular formula is C45H88NO8P. The summed E-state index contributed by atoms with van der Waals surface area (Å²) < 4.78 is 33.7. The van der Waals surface area contributed by atoms with Gasteiger partial charge in [-0.1, -0.05) is 180 Å². The Balaban J connectivity index is 4.13. The molecular weight excluding hydrogens is 713 g/mol. The zero-order chi connectivity index (χ0) is 40.7. The Hall–Kier alpha value is -1.25. The summed E-state index contributed by atoms with van der Waals surface area (Å²) in [5, 5.41) is 0. The van der Waals surface area contributed by atoms with Gasteiger partial charge in [0.15, 0.2) is 6.10 Å². The quantitative estimate of drug-likeness (QED) is 0.0197. The third-order valence-corrected chi connectivity index (χ3v) is 11.0. The summed E-state index contributed by atoms with van der Waals surface area (Å²) >= 11 is 0. The average molecular weight is 802 g/mol. The SMILES string of the molecule is CCCCCCCCCCCCCCCCCCCC/C=C/CCCC(=O)OC[C@@H](COP(=O)([O-])OCC[N+](C)(C)C)OC(=O)CCCCCCCCCC. The number of likely N-dealkylation sites (N-methyl/N-ethyl adjacent to an activating group) is 1. The smallest absolute Gasteiger partial charge is 0.306 e. The first-order valence-electron chi connectivity index (χ1n) is 22.9. The van der Waals surface area contributed by atoms with Crippen molar-refractivity contribution in [2.75, 3.05) is 47.5 Å². The fourth-order valence-corrected chi connectivity index (χ4v) is 7.15. The van der Waals surface area contributed by atoms with Crippen LogP contribution in [0.25, 0.3) is 0 Å². The van der Waals surface area contributed by atoms with Crippen molar-refractivity contribution in [3.8, 4) is 0 Å². The number of nitrogens with zero attached hydrogens (tertiary/aromatic N) is 1. The predicted octanol–water partition coefficient (Wildman–Crippen LogP) is 12.3. The van der Waals surface area contributed by atoms with Crippen LogP contribution in [0.4, 0.5) is 0 Å². The monoisotopic (exact) mass is 802 g/mol. The van der Waals surface area contributed by atoms with Crippen molar-refractivity contribution in [1.82, 2.24) is 0 Å². The molecule has 0 saturated heterocycles. The Morgan fingerprint density at radius 1 is 0.545 bits per heavy atom. The van der Waals surface area contributed by atoms with Crippen LogP contribution in [-0.2, 0) is 32.7 Å². The van der Waals surface area contributed by atoms with E-state index in [4.69, 9.17) is 18.5 Å². The minimum absolute atomic E-state index is 0.0316. The summed E-state index contributed by atoms with van der Waals surface area (Å²) in [5.74, 6) is -0.868. The van der Waals surface area contributed by atoms with E-state index in [1.165, 1.54) is 141 Å². The van der Waals surface area contributed by atoms with E-state index in [1.807, 2.05) is 21.1 Å². The Morgan fingerprint density at radius 2 is 0.945 bits per heavy atom. The Labute approximate surface area is 339 Å². The van der Waals surface area contributed by atoms with Gasteiger partial charge >= 0.3 is 11.9 Å². The number of phosphoric acid groups is 1. The second-order valence-electron chi connectivity index (χ2n) is 16.8. The molecule has 0 fully saturated rings. The molecule has 1 unspecified atom stereocenters. The molecule has 0 bridgehead atoms. The maximum absolute atomic E-state index is 12.6. The van der Waals surface area contributed by atoms with Crippen LogP contribution in [0.1, 0.15) is 213 Å². The summed E-state index contributed by atoms with van der Waals surface area (Å²) in [4.78, 5) is 37.3. The van der Waals surface area contributed by atoms with Crippen molar-refractivity contribution < 1.29 is 42.1 Å². The van der Waals surface area contributed by atoms with Crippen molar-refractivity contribution >= 4 is 19.8 Å². The number of hydrogen-bond acceptors (Lipinski definition) is 8. The molecule has 0 spiro atoms. The van der Waals surface area contributed by atoms with Crippen LogP contribution in [-0.4, -0.2) is 70.0 Å². The molecule has 0 aliphatic heterocycles. The van der Waals surface area contributed by atoms with E-state index in [-0.39, 0.29) is 26.1 Å². The van der Waals surface area contributed by atoms with Gasteiger partial charge in [-0.05, 0) is 32.1 Å². The second kappa shape index (κ2) is 38.3. The maximum Gasteiger partial charge on any atom is 0.306 e. The van der Waals surface area contributed by atoms with E-state index < -0.39 is 32.5 Å². The summed E-state index contributed by atoms with van der Waals surface area (Å²) in [6.45, 7) is 4.18. The van der Waals surface area contributed by atoms with Crippen LogP contribution < -0.4 is 4.89 Å². The highest BCUT2D eigenvalue weighted by atomic mass is 31.2. The molecule has 0 aliphatic carbocycles. The van der Waals surface area contributed by atoms with Crippen LogP contribution in [0, 0.1) is 0 Å². The highest BCUT2D eigenvalue weighted by Gasteiger charge is 2.21. The Kier molecular flexibility index (Phi) is 37.4. The summed E-state index contributed by atoms with van der Waals surface area (Å²) in [5.41, 5.74) is 0. The van der Waals surface area contributed by atoms with Gasteiger partial charge in [0.1, 0.15) is 19.8 Å². The Bertz CT molecular complexity index is 954. The van der Waals surface area contributed by atoms with Gasteiger partial charge in [0.2, 0.25) is 0 Å². The van der Waals surface area contributed by atoms with E-state index in [9.17, 15) is 19.0 Å². The zero-order valence-electron chi connectivity index (χ0n) is 36.6. The largest absolute Gasteiger partial charge is 0.756 e. The number of allylic oxidation sites excluding steroid dienone is 2. The lowest BCUT2D eigenvalue weighted by molar-refractivity contribution is -0.870. The van der Waals surface area contributed by atoms with E-state index in [2.05, 4.69) is 26.0 Å². The zero-order valence-corrected chi connectivity index (χ0v) is 37.5. The minimum Gasteiger partial charge on any atom is -0.756 e. The number of ether oxygens (including phenoxy) is 2. The lowest BCUT2D eigenvalue weighted by Gasteiger charge is -2.28. The number of quaternary nitrogens is 1. The van der Waals surface area contributed by atoms with E-state index in [0.29, 0.717) is 23.9 Å². The molecule has 55 heavy (non-hydrogen) atoms. The van der Waals surface area contributed by atoms with Crippen LogP contribution in [0.3, 0.4) is 0 Å². The summed E-state index contributed by atoms with van der Waals surface area (Å²) in [6, 6.07) is 0. The molecule has 0 rings (SSSR count). The van der Waals surface area contributed by atoms with Gasteiger partial charge in [-0.2, -0.15) is 0 Å². The van der Waals surface area contributed by atoms with Gasteiger partial charge in [-0.15, -0.1) is 0 Å². The summed E-state index contributed by atoms with van der Waals surface area (Å²) in [7, 11) is 1.16. The number of unbranched alkanes of at least 4 members (excludes halogenated alkanes) is 26. The molecule has 10 heteroatoms. The molecule has 0 N–H and O–H groups in total. The third-order valence-electron chi connectivity index (χ3n) is 10.0. The fourth-order valence-electron chi connectivity index (χ4n) is 6.42. The van der Waals surface area contributed by atoms with Crippen molar-refractivity contribution in [3.05, 3.63) is 12.2 Å². The van der Waals surface area contributed by atoms with Gasteiger partial charge in [0.05, 0.1) is 27.7 Å². The predicted molar refractivity (Wildman–Crippen MR) is 227 cm³/mol. The maximum atomic E-state index is 12.6. The van der Waals surface area contributed by atoms with Gasteiger partial charge in [0.25, 0.3) is 7.82 Å². The highest BCUT2D eigenvalue weighted by Crippen LogP contribution is 2.38. The highest BCUT2D eigenvalue weighted by molar-refractivity contribution is 7.45. The first kappa shape index (κ1) is 53.8. The number of hydrogen-bond donors (Lipinski definition) is 0. The molecule has 326 valence electrons. The lowest BCUT2D eigenvalue weighted by atomic mass is 10.0. The van der Waals surface area contributed by atoms with Crippen molar-refractivity contribution in [3.63, 3.8) is 0 Å². The molecule has 0 radical (unpaired) electrons. The van der Waals surface area contributed by atoms with E-state index >= 15 is 0 Å². The molecule has 0 heterocycles. The van der Waals surface area contributed by atoms with Crippen molar-refractivity contribution in [2.45, 2.75) is 219 Å². The number of phosphoric ester groups is 1. The average Bonchev–Trinajstić information content (AvgIpc) is 3.13. The molecule has 0 amide bonds. The van der Waals surface area contributed by atoms with Crippen LogP contribution in [0.2, 0.25) is 0 Å². The first-order chi connectivity index (χ1) is 26.5. The van der Waals surface area contributed by atoms with E-state index in [1.54, 1.807) is 0 Å². The number of esters is 2. The van der Waals surface area contributed by atoms with Gasteiger partial charge < -0.3 is 27.9 Å². The summed E-state index contributed by atoms with van der Waals surface area (Å²) in [6.07, 6.45) is 39.9. The van der Waals surface area contributed by atoms with Gasteiger partial charge in [-0.25, -0.2) is 0 Å². The van der Waals surface area contributed by atoms with Gasteiger partial charge in [0, 0.05) is 12.8 Å². The molecule has 0 aromatic carbocycles. The third kappa shape index (κ3) is 42.2. The molecule has 0 saturated carbocycles. The van der Waals surface area contributed by atoms with Crippen molar-refractivity contribution in [1.29, 1.82) is 0 Å². The molecule has 0 aromatic rings. The number of carbonyl (C=O) groups excluding carboxylic acids is 2. The fraction of sp³-hybridized carbons (Fsp3) is 0.911. The normalized spacial score (nSPS) is 13.6.